The number of H-pyrrole nitrogens is 1. The predicted octanol–water partition coefficient (Wildman–Crippen LogP) is 2.12. The highest BCUT2D eigenvalue weighted by atomic mass is 16.5. The molecular weight excluding hydrogens is 282 g/mol. The summed E-state index contributed by atoms with van der Waals surface area (Å²) in [7, 11) is 1.59. The molecule has 0 atom stereocenters. The first-order valence-corrected chi connectivity index (χ1v) is 7.33. The number of urea groups is 1. The Kier molecular flexibility index (Phi) is 4.34. The Bertz CT molecular complexity index is 634. The number of hydrogen-bond acceptors (Lipinski definition) is 4. The Morgan fingerprint density at radius 1 is 1.36 bits per heavy atom. The number of ether oxygens (including phenoxy) is 1. The molecule has 0 saturated heterocycles. The van der Waals surface area contributed by atoms with Crippen LogP contribution in [0.1, 0.15) is 24.6 Å². The van der Waals surface area contributed by atoms with Gasteiger partial charge in [-0.25, -0.2) is 9.78 Å². The summed E-state index contributed by atoms with van der Waals surface area (Å²) in [6.07, 6.45) is 2.38. The lowest BCUT2D eigenvalue weighted by Gasteiger charge is -2.07. The van der Waals surface area contributed by atoms with Crippen LogP contribution in [-0.4, -0.2) is 41.5 Å². The average molecular weight is 301 g/mol. The summed E-state index contributed by atoms with van der Waals surface area (Å²) in [5, 5.41) is 12.7. The van der Waals surface area contributed by atoms with Crippen molar-refractivity contribution < 1.29 is 9.53 Å². The molecule has 3 N–H and O–H groups in total. The number of benzene rings is 1. The van der Waals surface area contributed by atoms with E-state index in [0.29, 0.717) is 24.9 Å². The van der Waals surface area contributed by atoms with Gasteiger partial charge in [0.1, 0.15) is 5.82 Å². The minimum Gasteiger partial charge on any atom is -0.383 e. The maximum atomic E-state index is 11.6. The van der Waals surface area contributed by atoms with Gasteiger partial charge in [-0.2, -0.15) is 5.10 Å². The zero-order chi connectivity index (χ0) is 15.4. The average Bonchev–Trinajstić information content (AvgIpc) is 3.26. The van der Waals surface area contributed by atoms with E-state index in [4.69, 9.17) is 4.74 Å². The molecule has 0 unspecified atom stereocenters. The lowest BCUT2D eigenvalue weighted by molar-refractivity contribution is 0.198. The maximum absolute atomic E-state index is 11.6. The first kappa shape index (κ1) is 14.5. The molecular formula is C15H19N5O2. The van der Waals surface area contributed by atoms with Gasteiger partial charge in [0.15, 0.2) is 5.82 Å². The Morgan fingerprint density at radius 2 is 2.14 bits per heavy atom. The number of amides is 2. The largest absolute Gasteiger partial charge is 0.383 e. The minimum absolute atomic E-state index is 0.251. The topological polar surface area (TPSA) is 91.9 Å². The summed E-state index contributed by atoms with van der Waals surface area (Å²) in [4.78, 5) is 16.1. The van der Waals surface area contributed by atoms with Crippen molar-refractivity contribution >= 4 is 11.7 Å². The summed E-state index contributed by atoms with van der Waals surface area (Å²) in [5.74, 6) is 2.21. The summed E-state index contributed by atoms with van der Waals surface area (Å²) < 4.78 is 4.87. The fraction of sp³-hybridized carbons (Fsp3) is 0.400. The molecule has 2 aromatic rings. The van der Waals surface area contributed by atoms with Crippen LogP contribution in [0.15, 0.2) is 24.3 Å². The van der Waals surface area contributed by atoms with Crippen LogP contribution in [0, 0.1) is 0 Å². The summed E-state index contributed by atoms with van der Waals surface area (Å²) in [5.41, 5.74) is 1.64. The van der Waals surface area contributed by atoms with Crippen LogP contribution in [0.3, 0.4) is 0 Å². The molecule has 1 aromatic heterocycles. The van der Waals surface area contributed by atoms with Crippen LogP contribution in [0.4, 0.5) is 10.5 Å². The number of nitrogens with zero attached hydrogens (tertiary/aromatic N) is 2. The molecule has 3 rings (SSSR count). The van der Waals surface area contributed by atoms with Crippen molar-refractivity contribution in [1.82, 2.24) is 20.5 Å². The lowest BCUT2D eigenvalue weighted by Crippen LogP contribution is -2.31. The Labute approximate surface area is 128 Å². The van der Waals surface area contributed by atoms with Gasteiger partial charge in [-0.1, -0.05) is 0 Å². The fourth-order valence-electron chi connectivity index (χ4n) is 2.09. The zero-order valence-electron chi connectivity index (χ0n) is 12.4. The Balaban J connectivity index is 1.58. The summed E-state index contributed by atoms with van der Waals surface area (Å²) in [6, 6.07) is 7.20. The lowest BCUT2D eigenvalue weighted by atomic mass is 10.2. The number of rotatable bonds is 6. The molecule has 7 heteroatoms. The summed E-state index contributed by atoms with van der Waals surface area (Å²) in [6.45, 7) is 0.960. The van der Waals surface area contributed by atoms with Crippen molar-refractivity contribution in [1.29, 1.82) is 0 Å². The monoisotopic (exact) mass is 301 g/mol. The van der Waals surface area contributed by atoms with Crippen LogP contribution in [0.5, 0.6) is 0 Å². The van der Waals surface area contributed by atoms with Gasteiger partial charge < -0.3 is 15.4 Å². The highest BCUT2D eigenvalue weighted by Gasteiger charge is 2.27. The van der Waals surface area contributed by atoms with Crippen LogP contribution >= 0.6 is 0 Å². The van der Waals surface area contributed by atoms with Gasteiger partial charge in [0.25, 0.3) is 0 Å². The van der Waals surface area contributed by atoms with E-state index >= 15 is 0 Å². The molecule has 1 aliphatic rings. The SMILES string of the molecule is COCCNC(=O)Nc1ccc(-c2n[nH]c(C3CC3)n2)cc1. The maximum Gasteiger partial charge on any atom is 0.319 e. The van der Waals surface area contributed by atoms with Gasteiger partial charge >= 0.3 is 6.03 Å². The first-order chi connectivity index (χ1) is 10.8. The molecule has 22 heavy (non-hydrogen) atoms. The molecule has 0 aliphatic heterocycles. The number of aromatic amines is 1. The summed E-state index contributed by atoms with van der Waals surface area (Å²) >= 11 is 0. The second-order valence-corrected chi connectivity index (χ2v) is 5.27. The standard InChI is InChI=1S/C15H19N5O2/c1-22-9-8-16-15(21)17-12-6-4-11(5-7-12)14-18-13(19-20-14)10-2-3-10/h4-7,10H,2-3,8-9H2,1H3,(H2,16,17,21)(H,18,19,20). The quantitative estimate of drug-likeness (QED) is 0.713. The number of aromatic nitrogens is 3. The predicted molar refractivity (Wildman–Crippen MR) is 82.7 cm³/mol. The molecule has 1 fully saturated rings. The van der Waals surface area contributed by atoms with Crippen molar-refractivity contribution in [3.63, 3.8) is 0 Å². The third-order valence-electron chi connectivity index (χ3n) is 3.46. The Hall–Kier alpha value is -2.41. The molecule has 0 radical (unpaired) electrons. The molecule has 1 aliphatic carbocycles. The van der Waals surface area contributed by atoms with Crippen LogP contribution in [-0.2, 0) is 4.74 Å². The number of carbonyl (C=O) groups is 1. The molecule has 1 aromatic carbocycles. The van der Waals surface area contributed by atoms with Crippen LogP contribution in [0.2, 0.25) is 0 Å². The second kappa shape index (κ2) is 6.57. The molecule has 116 valence electrons. The zero-order valence-corrected chi connectivity index (χ0v) is 12.4. The van der Waals surface area contributed by atoms with Gasteiger partial charge in [0, 0.05) is 30.8 Å². The minimum atomic E-state index is -0.251. The number of carbonyl (C=O) groups excluding carboxylic acids is 1. The van der Waals surface area contributed by atoms with Gasteiger partial charge in [-0.15, -0.1) is 0 Å². The molecule has 7 nitrogen and oxygen atoms in total. The smallest absolute Gasteiger partial charge is 0.319 e. The van der Waals surface area contributed by atoms with Crippen molar-refractivity contribution in [2.24, 2.45) is 0 Å². The Morgan fingerprint density at radius 3 is 2.82 bits per heavy atom. The van der Waals surface area contributed by atoms with Gasteiger partial charge in [0.05, 0.1) is 6.61 Å². The number of methoxy groups -OCH3 is 1. The molecule has 1 heterocycles. The number of hydrogen-bond donors (Lipinski definition) is 3. The van der Waals surface area contributed by atoms with Gasteiger partial charge in [-0.05, 0) is 37.1 Å². The van der Waals surface area contributed by atoms with Crippen molar-refractivity contribution in [3.05, 3.63) is 30.1 Å². The fourth-order valence-corrected chi connectivity index (χ4v) is 2.09. The third-order valence-corrected chi connectivity index (χ3v) is 3.46. The van der Waals surface area contributed by atoms with E-state index in [9.17, 15) is 4.79 Å². The van der Waals surface area contributed by atoms with Crippen molar-refractivity contribution in [3.8, 4) is 11.4 Å². The van der Waals surface area contributed by atoms with E-state index in [-0.39, 0.29) is 6.03 Å². The van der Waals surface area contributed by atoms with E-state index in [2.05, 4.69) is 25.8 Å². The van der Waals surface area contributed by atoms with E-state index in [1.165, 1.54) is 12.8 Å². The van der Waals surface area contributed by atoms with Crippen LogP contribution in [0.25, 0.3) is 11.4 Å². The molecule has 0 spiro atoms. The molecule has 2 amide bonds. The van der Waals surface area contributed by atoms with E-state index in [0.717, 1.165) is 17.1 Å². The van der Waals surface area contributed by atoms with Gasteiger partial charge in [-0.3, -0.25) is 5.10 Å². The molecule has 1 saturated carbocycles. The van der Waals surface area contributed by atoms with Gasteiger partial charge in [0.2, 0.25) is 0 Å². The van der Waals surface area contributed by atoms with E-state index in [1.807, 2.05) is 24.3 Å². The highest BCUT2D eigenvalue weighted by molar-refractivity contribution is 5.89. The number of anilines is 1. The van der Waals surface area contributed by atoms with Crippen molar-refractivity contribution in [2.45, 2.75) is 18.8 Å². The van der Waals surface area contributed by atoms with E-state index < -0.39 is 0 Å². The third kappa shape index (κ3) is 3.62. The van der Waals surface area contributed by atoms with E-state index in [1.54, 1.807) is 7.11 Å². The second-order valence-electron chi connectivity index (χ2n) is 5.27. The molecule has 0 bridgehead atoms. The van der Waals surface area contributed by atoms with Crippen LogP contribution < -0.4 is 10.6 Å². The highest BCUT2D eigenvalue weighted by Crippen LogP contribution is 2.38. The first-order valence-electron chi connectivity index (χ1n) is 7.33. The number of nitrogens with one attached hydrogen (secondary N) is 3. The normalized spacial score (nSPS) is 13.9. The van der Waals surface area contributed by atoms with Crippen molar-refractivity contribution in [2.75, 3.05) is 25.6 Å².